The van der Waals surface area contributed by atoms with Crippen LogP contribution in [0.5, 0.6) is 0 Å². The lowest BCUT2D eigenvalue weighted by Gasteiger charge is -2.25. The van der Waals surface area contributed by atoms with Gasteiger partial charge in [0.25, 0.3) is 0 Å². The summed E-state index contributed by atoms with van der Waals surface area (Å²) in [6.45, 7) is 2.30. The Morgan fingerprint density at radius 1 is 1.11 bits per heavy atom. The zero-order valence-electron chi connectivity index (χ0n) is 15.0. The van der Waals surface area contributed by atoms with Crippen molar-refractivity contribution in [1.29, 1.82) is 0 Å². The third kappa shape index (κ3) is 3.50. The maximum Gasteiger partial charge on any atom is 0.221 e. The number of hydrogen-bond acceptors (Lipinski definition) is 6. The normalized spacial score (nSPS) is 25.2. The van der Waals surface area contributed by atoms with E-state index in [1.165, 1.54) is 0 Å². The number of benzene rings is 2. The molecule has 0 aromatic heterocycles. The van der Waals surface area contributed by atoms with E-state index in [4.69, 9.17) is 14.2 Å². The lowest BCUT2D eigenvalue weighted by molar-refractivity contribution is 0.0172. The van der Waals surface area contributed by atoms with Crippen molar-refractivity contribution >= 4 is 15.7 Å². The van der Waals surface area contributed by atoms with Crippen LogP contribution in [0.25, 0.3) is 0 Å². The van der Waals surface area contributed by atoms with Gasteiger partial charge in [-0.3, -0.25) is 0 Å². The van der Waals surface area contributed by atoms with Gasteiger partial charge in [0.2, 0.25) is 15.7 Å². The van der Waals surface area contributed by atoms with E-state index in [0.29, 0.717) is 12.3 Å². The Morgan fingerprint density at radius 3 is 2.52 bits per heavy atom. The minimum absolute atomic E-state index is 0.0224. The quantitative estimate of drug-likeness (QED) is 0.788. The summed E-state index contributed by atoms with van der Waals surface area (Å²) < 4.78 is 42.8. The van der Waals surface area contributed by atoms with Gasteiger partial charge in [-0.2, -0.15) is 0 Å². The maximum atomic E-state index is 12.9. The molecule has 0 aliphatic carbocycles. The predicted octanol–water partition coefficient (Wildman–Crippen LogP) is 2.51. The molecule has 4 rings (SSSR count). The monoisotopic (exact) mass is 387 g/mol. The average Bonchev–Trinajstić information content (AvgIpc) is 3.33. The van der Waals surface area contributed by atoms with Gasteiger partial charge in [0.05, 0.1) is 11.5 Å². The average molecular weight is 387 g/mol. The van der Waals surface area contributed by atoms with Crippen LogP contribution >= 0.6 is 0 Å². The smallest absolute Gasteiger partial charge is 0.221 e. The summed E-state index contributed by atoms with van der Waals surface area (Å²) in [6, 6.07) is 16.6. The Morgan fingerprint density at radius 2 is 1.85 bits per heavy atom. The molecule has 2 atom stereocenters. The fourth-order valence-electron chi connectivity index (χ4n) is 3.28. The highest BCUT2D eigenvalue weighted by Gasteiger charge is 2.47. The van der Waals surface area contributed by atoms with Gasteiger partial charge in [-0.25, -0.2) is 13.4 Å². The zero-order valence-corrected chi connectivity index (χ0v) is 15.8. The number of sulfone groups is 1. The molecule has 2 aromatic rings. The third-order valence-corrected chi connectivity index (χ3v) is 6.69. The van der Waals surface area contributed by atoms with Crippen LogP contribution < -0.4 is 0 Å². The van der Waals surface area contributed by atoms with Gasteiger partial charge in [-0.1, -0.05) is 48.0 Å². The number of aliphatic imine (C=N–C) groups is 1. The molecule has 2 heterocycles. The van der Waals surface area contributed by atoms with Crippen LogP contribution in [0.3, 0.4) is 0 Å². The number of rotatable bonds is 5. The van der Waals surface area contributed by atoms with Crippen LogP contribution in [0, 0.1) is 6.92 Å². The first-order valence-corrected chi connectivity index (χ1v) is 10.3. The molecule has 27 heavy (non-hydrogen) atoms. The number of hydrogen-bond donors (Lipinski definition) is 0. The van der Waals surface area contributed by atoms with Crippen LogP contribution in [-0.4, -0.2) is 45.3 Å². The molecule has 0 radical (unpaired) electrons. The largest absolute Gasteiger partial charge is 0.475 e. The van der Waals surface area contributed by atoms with Crippen LogP contribution in [-0.2, 0) is 30.5 Å². The van der Waals surface area contributed by atoms with Crippen molar-refractivity contribution in [2.24, 2.45) is 4.99 Å². The molecule has 0 amide bonds. The van der Waals surface area contributed by atoms with E-state index in [0.717, 1.165) is 11.1 Å². The molecule has 6 nitrogen and oxygen atoms in total. The van der Waals surface area contributed by atoms with Gasteiger partial charge in [0, 0.05) is 6.42 Å². The molecule has 2 unspecified atom stereocenters. The molecule has 142 valence electrons. The fraction of sp³-hybridized carbons (Fsp3) is 0.350. The molecular weight excluding hydrogens is 366 g/mol. The molecule has 0 N–H and O–H groups in total. The topological polar surface area (TPSA) is 74.2 Å². The van der Waals surface area contributed by atoms with Crippen molar-refractivity contribution in [1.82, 2.24) is 0 Å². The molecule has 0 bridgehead atoms. The summed E-state index contributed by atoms with van der Waals surface area (Å²) in [5, 5.41) is -0.980. The molecule has 2 aromatic carbocycles. The van der Waals surface area contributed by atoms with Crippen LogP contribution in [0.1, 0.15) is 11.1 Å². The minimum Gasteiger partial charge on any atom is -0.475 e. The van der Waals surface area contributed by atoms with Gasteiger partial charge in [0.1, 0.15) is 13.4 Å². The first-order valence-electron chi connectivity index (χ1n) is 8.77. The molecule has 0 spiro atoms. The molecule has 1 saturated heterocycles. The highest BCUT2D eigenvalue weighted by atomic mass is 32.2. The number of nitrogens with zero attached hydrogens (tertiary/aromatic N) is 1. The summed E-state index contributed by atoms with van der Waals surface area (Å²) >= 11 is 0. The summed E-state index contributed by atoms with van der Waals surface area (Å²) in [5.41, 5.74) is 1.15. The Hall–Kier alpha value is -2.22. The van der Waals surface area contributed by atoms with Gasteiger partial charge >= 0.3 is 0 Å². The predicted molar refractivity (Wildman–Crippen MR) is 100 cm³/mol. The van der Waals surface area contributed by atoms with E-state index in [1.807, 2.05) is 37.3 Å². The summed E-state index contributed by atoms with van der Waals surface area (Å²) in [6.07, 6.45) is 0.504. The van der Waals surface area contributed by atoms with Crippen molar-refractivity contribution in [3.63, 3.8) is 0 Å². The SMILES string of the molecule is Cc1ccc(S(=O)(=O)C2COC(C3(Cc4ccccc4)COCO3)=N2)cc1. The maximum absolute atomic E-state index is 12.9. The zero-order chi connectivity index (χ0) is 18.9. The lowest BCUT2D eigenvalue weighted by Crippen LogP contribution is -2.43. The Kier molecular flexibility index (Phi) is 4.75. The molecule has 1 fully saturated rings. The molecule has 7 heteroatoms. The number of aryl methyl sites for hydroxylation is 1. The van der Waals surface area contributed by atoms with Gasteiger partial charge in [-0.15, -0.1) is 0 Å². The second kappa shape index (κ2) is 7.07. The van der Waals surface area contributed by atoms with Crippen LogP contribution in [0.2, 0.25) is 0 Å². The van der Waals surface area contributed by atoms with E-state index >= 15 is 0 Å². The third-order valence-electron chi connectivity index (χ3n) is 4.81. The summed E-state index contributed by atoms with van der Waals surface area (Å²) in [5.74, 6) is 0.296. The van der Waals surface area contributed by atoms with E-state index in [-0.39, 0.29) is 24.9 Å². The minimum atomic E-state index is -3.63. The Balaban J connectivity index is 1.62. The fourth-order valence-corrected chi connectivity index (χ4v) is 4.59. The van der Waals surface area contributed by atoms with Gasteiger partial charge in [-0.05, 0) is 24.6 Å². The first-order chi connectivity index (χ1) is 13.0. The Bertz CT molecular complexity index is 932. The van der Waals surface area contributed by atoms with Crippen molar-refractivity contribution < 1.29 is 22.6 Å². The van der Waals surface area contributed by atoms with Crippen molar-refractivity contribution in [3.8, 4) is 0 Å². The molecular formula is C20H21NO5S. The molecule has 0 saturated carbocycles. The van der Waals surface area contributed by atoms with E-state index in [2.05, 4.69) is 4.99 Å². The van der Waals surface area contributed by atoms with E-state index < -0.39 is 20.8 Å². The standard InChI is InChI=1S/C20H21NO5S/c1-15-7-9-17(10-8-15)27(22,23)18-12-25-19(21-18)20(13-24-14-26-20)11-16-5-3-2-4-6-16/h2-10,18H,11-14H2,1H3. The first kappa shape index (κ1) is 18.2. The molecule has 2 aliphatic heterocycles. The lowest BCUT2D eigenvalue weighted by atomic mass is 9.95. The second-order valence-electron chi connectivity index (χ2n) is 6.83. The number of ether oxygens (including phenoxy) is 3. The van der Waals surface area contributed by atoms with Crippen LogP contribution in [0.15, 0.2) is 64.5 Å². The highest BCUT2D eigenvalue weighted by Crippen LogP contribution is 2.31. The summed E-state index contributed by atoms with van der Waals surface area (Å²) in [7, 11) is -3.63. The van der Waals surface area contributed by atoms with Crippen molar-refractivity contribution in [2.45, 2.75) is 29.2 Å². The van der Waals surface area contributed by atoms with Crippen molar-refractivity contribution in [3.05, 3.63) is 65.7 Å². The Labute approximate surface area is 158 Å². The van der Waals surface area contributed by atoms with E-state index in [1.54, 1.807) is 24.3 Å². The second-order valence-corrected chi connectivity index (χ2v) is 8.93. The van der Waals surface area contributed by atoms with E-state index in [9.17, 15) is 8.42 Å². The van der Waals surface area contributed by atoms with Crippen LogP contribution in [0.4, 0.5) is 0 Å². The van der Waals surface area contributed by atoms with Gasteiger partial charge < -0.3 is 14.2 Å². The van der Waals surface area contributed by atoms with Gasteiger partial charge in [0.15, 0.2) is 11.0 Å². The van der Waals surface area contributed by atoms with Crippen molar-refractivity contribution in [2.75, 3.05) is 20.0 Å². The molecule has 2 aliphatic rings. The highest BCUT2D eigenvalue weighted by molar-refractivity contribution is 7.92. The summed E-state index contributed by atoms with van der Waals surface area (Å²) in [4.78, 5) is 4.65.